The standard InChI is InChI=1S/C10H13N3OS/c1-10(2,11-3)9-12-8(13-14-9)7-4-5-15-6-7/h4-6,11H,1-3H3. The van der Waals surface area contributed by atoms with E-state index in [1.807, 2.05) is 37.7 Å². The zero-order chi connectivity index (χ0) is 10.9. The molecule has 5 heteroatoms. The van der Waals surface area contributed by atoms with Crippen molar-refractivity contribution in [1.82, 2.24) is 15.5 Å². The smallest absolute Gasteiger partial charge is 0.246 e. The molecule has 0 aliphatic rings. The lowest BCUT2D eigenvalue weighted by Gasteiger charge is -2.17. The highest BCUT2D eigenvalue weighted by molar-refractivity contribution is 7.08. The number of rotatable bonds is 3. The SMILES string of the molecule is CNC(C)(C)c1nc(-c2ccsc2)no1. The van der Waals surface area contributed by atoms with Crippen molar-refractivity contribution in [3.05, 3.63) is 22.7 Å². The van der Waals surface area contributed by atoms with Crippen LogP contribution in [0.4, 0.5) is 0 Å². The molecule has 0 aromatic carbocycles. The van der Waals surface area contributed by atoms with Gasteiger partial charge < -0.3 is 9.84 Å². The highest BCUT2D eigenvalue weighted by atomic mass is 32.1. The van der Waals surface area contributed by atoms with Crippen LogP contribution in [-0.4, -0.2) is 17.2 Å². The first-order valence-corrected chi connectivity index (χ1v) is 5.63. The number of hydrogen-bond acceptors (Lipinski definition) is 5. The Balaban J connectivity index is 2.33. The summed E-state index contributed by atoms with van der Waals surface area (Å²) >= 11 is 1.62. The second kappa shape index (κ2) is 3.75. The van der Waals surface area contributed by atoms with Gasteiger partial charge in [-0.1, -0.05) is 5.16 Å². The van der Waals surface area contributed by atoms with E-state index in [9.17, 15) is 0 Å². The van der Waals surface area contributed by atoms with E-state index in [1.54, 1.807) is 11.3 Å². The lowest BCUT2D eigenvalue weighted by molar-refractivity contribution is 0.281. The van der Waals surface area contributed by atoms with Gasteiger partial charge in [-0.15, -0.1) is 0 Å². The molecule has 0 saturated carbocycles. The van der Waals surface area contributed by atoms with E-state index in [2.05, 4.69) is 15.5 Å². The van der Waals surface area contributed by atoms with Crippen LogP contribution in [-0.2, 0) is 5.54 Å². The Morgan fingerprint density at radius 2 is 2.27 bits per heavy atom. The highest BCUT2D eigenvalue weighted by Crippen LogP contribution is 2.23. The van der Waals surface area contributed by atoms with Crippen molar-refractivity contribution in [1.29, 1.82) is 0 Å². The third-order valence-electron chi connectivity index (χ3n) is 2.37. The highest BCUT2D eigenvalue weighted by Gasteiger charge is 2.25. The molecule has 2 heterocycles. The maximum atomic E-state index is 5.23. The predicted octanol–water partition coefficient (Wildman–Crippen LogP) is 2.25. The summed E-state index contributed by atoms with van der Waals surface area (Å²) in [6.07, 6.45) is 0. The van der Waals surface area contributed by atoms with Crippen LogP contribution in [0.5, 0.6) is 0 Å². The first kappa shape index (κ1) is 10.3. The molecule has 0 amide bonds. The lowest BCUT2D eigenvalue weighted by atomic mass is 10.1. The van der Waals surface area contributed by atoms with Crippen molar-refractivity contribution < 1.29 is 4.52 Å². The Labute approximate surface area is 92.3 Å². The quantitative estimate of drug-likeness (QED) is 0.867. The minimum atomic E-state index is -0.290. The molecule has 0 saturated heterocycles. The Morgan fingerprint density at radius 3 is 2.87 bits per heavy atom. The largest absolute Gasteiger partial charge is 0.337 e. The third kappa shape index (κ3) is 1.93. The second-order valence-electron chi connectivity index (χ2n) is 3.81. The monoisotopic (exact) mass is 223 g/mol. The van der Waals surface area contributed by atoms with Gasteiger partial charge in [-0.2, -0.15) is 16.3 Å². The summed E-state index contributed by atoms with van der Waals surface area (Å²) in [6, 6.07) is 1.98. The van der Waals surface area contributed by atoms with Crippen LogP contribution in [0.15, 0.2) is 21.3 Å². The Kier molecular flexibility index (Phi) is 2.58. The molecular weight excluding hydrogens is 210 g/mol. The summed E-state index contributed by atoms with van der Waals surface area (Å²) in [5.41, 5.74) is 0.711. The molecule has 0 atom stereocenters. The van der Waals surface area contributed by atoms with E-state index < -0.39 is 0 Å². The molecular formula is C10H13N3OS. The van der Waals surface area contributed by atoms with Crippen molar-refractivity contribution in [3.8, 4) is 11.4 Å². The van der Waals surface area contributed by atoms with Gasteiger partial charge in [-0.25, -0.2) is 0 Å². The predicted molar refractivity (Wildman–Crippen MR) is 59.7 cm³/mol. The summed E-state index contributed by atoms with van der Waals surface area (Å²) in [7, 11) is 1.87. The first-order chi connectivity index (χ1) is 7.13. The molecule has 0 fully saturated rings. The third-order valence-corrected chi connectivity index (χ3v) is 3.05. The van der Waals surface area contributed by atoms with Gasteiger partial charge in [-0.05, 0) is 32.3 Å². The summed E-state index contributed by atoms with van der Waals surface area (Å²) in [6.45, 7) is 4.00. The summed E-state index contributed by atoms with van der Waals surface area (Å²) < 4.78 is 5.23. The minimum Gasteiger partial charge on any atom is -0.337 e. The van der Waals surface area contributed by atoms with E-state index >= 15 is 0 Å². The topological polar surface area (TPSA) is 51.0 Å². The molecule has 80 valence electrons. The van der Waals surface area contributed by atoms with Gasteiger partial charge in [0.15, 0.2) is 0 Å². The van der Waals surface area contributed by atoms with E-state index in [0.717, 1.165) is 5.56 Å². The molecule has 0 unspecified atom stereocenters. The van der Waals surface area contributed by atoms with Crippen molar-refractivity contribution >= 4 is 11.3 Å². The molecule has 0 aliphatic heterocycles. The van der Waals surface area contributed by atoms with Crippen molar-refractivity contribution in [3.63, 3.8) is 0 Å². The van der Waals surface area contributed by atoms with E-state index in [0.29, 0.717) is 11.7 Å². The summed E-state index contributed by atoms with van der Waals surface area (Å²) in [5, 5.41) is 11.1. The first-order valence-electron chi connectivity index (χ1n) is 4.69. The van der Waals surface area contributed by atoms with Gasteiger partial charge in [0, 0.05) is 10.9 Å². The second-order valence-corrected chi connectivity index (χ2v) is 4.59. The number of nitrogens with zero attached hydrogens (tertiary/aromatic N) is 2. The molecule has 0 bridgehead atoms. The van der Waals surface area contributed by atoms with E-state index in [4.69, 9.17) is 4.52 Å². The molecule has 2 aromatic rings. The van der Waals surface area contributed by atoms with Crippen LogP contribution >= 0.6 is 11.3 Å². The van der Waals surface area contributed by atoms with Crippen molar-refractivity contribution in [2.24, 2.45) is 0 Å². The number of hydrogen-bond donors (Lipinski definition) is 1. The molecule has 0 aliphatic carbocycles. The molecule has 2 aromatic heterocycles. The van der Waals surface area contributed by atoms with Crippen molar-refractivity contribution in [2.45, 2.75) is 19.4 Å². The average molecular weight is 223 g/mol. The number of aromatic nitrogens is 2. The minimum absolute atomic E-state index is 0.290. The lowest BCUT2D eigenvalue weighted by Crippen LogP contribution is -2.33. The molecule has 15 heavy (non-hydrogen) atoms. The van der Waals surface area contributed by atoms with Crippen LogP contribution in [0.1, 0.15) is 19.7 Å². The molecule has 0 radical (unpaired) electrons. The van der Waals surface area contributed by atoms with Crippen LogP contribution < -0.4 is 5.32 Å². The van der Waals surface area contributed by atoms with Crippen LogP contribution in [0.3, 0.4) is 0 Å². The van der Waals surface area contributed by atoms with Gasteiger partial charge in [0.2, 0.25) is 11.7 Å². The Hall–Kier alpha value is -1.20. The molecule has 2 rings (SSSR count). The van der Waals surface area contributed by atoms with Gasteiger partial charge in [0.25, 0.3) is 0 Å². The van der Waals surface area contributed by atoms with Gasteiger partial charge >= 0.3 is 0 Å². The zero-order valence-electron chi connectivity index (χ0n) is 8.94. The Morgan fingerprint density at radius 1 is 1.47 bits per heavy atom. The number of nitrogens with one attached hydrogen (secondary N) is 1. The van der Waals surface area contributed by atoms with Crippen molar-refractivity contribution in [2.75, 3.05) is 7.05 Å². The fourth-order valence-corrected chi connectivity index (χ4v) is 1.73. The van der Waals surface area contributed by atoms with Gasteiger partial charge in [0.1, 0.15) is 0 Å². The molecule has 1 N–H and O–H groups in total. The van der Waals surface area contributed by atoms with Crippen LogP contribution in [0, 0.1) is 0 Å². The molecule has 0 spiro atoms. The fourth-order valence-electron chi connectivity index (χ4n) is 1.09. The Bertz CT molecular complexity index is 433. The molecule has 4 nitrogen and oxygen atoms in total. The normalized spacial score (nSPS) is 11.9. The maximum absolute atomic E-state index is 5.23. The van der Waals surface area contributed by atoms with Gasteiger partial charge in [0.05, 0.1) is 5.54 Å². The summed E-state index contributed by atoms with van der Waals surface area (Å²) in [4.78, 5) is 4.36. The maximum Gasteiger partial charge on any atom is 0.246 e. The van der Waals surface area contributed by atoms with Gasteiger partial charge in [-0.3, -0.25) is 0 Å². The van der Waals surface area contributed by atoms with E-state index in [-0.39, 0.29) is 5.54 Å². The fraction of sp³-hybridized carbons (Fsp3) is 0.400. The zero-order valence-corrected chi connectivity index (χ0v) is 9.76. The number of thiophene rings is 1. The van der Waals surface area contributed by atoms with Crippen LogP contribution in [0.25, 0.3) is 11.4 Å². The average Bonchev–Trinajstić information content (AvgIpc) is 2.88. The van der Waals surface area contributed by atoms with E-state index in [1.165, 1.54) is 0 Å². The summed E-state index contributed by atoms with van der Waals surface area (Å²) in [5.74, 6) is 1.25. The van der Waals surface area contributed by atoms with Crippen LogP contribution in [0.2, 0.25) is 0 Å².